The third-order valence-electron chi connectivity index (χ3n) is 4.60. The van der Waals surface area contributed by atoms with Gasteiger partial charge in [0, 0.05) is 6.04 Å². The molecule has 0 radical (unpaired) electrons. The smallest absolute Gasteiger partial charge is 0.208 e. The van der Waals surface area contributed by atoms with E-state index in [9.17, 15) is 8.42 Å². The Kier molecular flexibility index (Phi) is 2.26. The summed E-state index contributed by atoms with van der Waals surface area (Å²) in [6, 6.07) is 0.110. The van der Waals surface area contributed by atoms with Crippen LogP contribution in [0.2, 0.25) is 0 Å². The largest absolute Gasteiger partial charge is 0.213 e. The Labute approximate surface area is 92.7 Å². The van der Waals surface area contributed by atoms with Crippen molar-refractivity contribution >= 4 is 10.0 Å². The van der Waals surface area contributed by atoms with E-state index in [0.717, 1.165) is 6.42 Å². The molecule has 0 spiro atoms. The summed E-state index contributed by atoms with van der Waals surface area (Å²) >= 11 is 0. The SMILES string of the molecule is CC12CCC(C1)C(C)(C)C2NS(C)(=O)=O. The van der Waals surface area contributed by atoms with E-state index in [1.165, 1.54) is 19.1 Å². The van der Waals surface area contributed by atoms with Crippen LogP contribution >= 0.6 is 0 Å². The van der Waals surface area contributed by atoms with Crippen molar-refractivity contribution in [3.63, 3.8) is 0 Å². The fourth-order valence-corrected chi connectivity index (χ4v) is 4.83. The fraction of sp³-hybridized carbons (Fsp3) is 1.00. The van der Waals surface area contributed by atoms with Crippen LogP contribution in [0.1, 0.15) is 40.0 Å². The van der Waals surface area contributed by atoms with Crippen LogP contribution in [0.3, 0.4) is 0 Å². The molecular weight excluding hydrogens is 210 g/mol. The van der Waals surface area contributed by atoms with E-state index in [0.29, 0.717) is 5.92 Å². The lowest BCUT2D eigenvalue weighted by atomic mass is 9.69. The molecule has 2 saturated carbocycles. The van der Waals surface area contributed by atoms with Gasteiger partial charge in [-0.05, 0) is 36.0 Å². The first-order chi connectivity index (χ1) is 6.65. The molecule has 0 heterocycles. The first-order valence-electron chi connectivity index (χ1n) is 5.62. The van der Waals surface area contributed by atoms with Crippen LogP contribution in [0.5, 0.6) is 0 Å². The summed E-state index contributed by atoms with van der Waals surface area (Å²) in [6.07, 6.45) is 4.85. The van der Waals surface area contributed by atoms with Gasteiger partial charge in [0.15, 0.2) is 0 Å². The second kappa shape index (κ2) is 2.98. The number of rotatable bonds is 2. The number of hydrogen-bond donors (Lipinski definition) is 1. The van der Waals surface area contributed by atoms with E-state index in [2.05, 4.69) is 25.5 Å². The van der Waals surface area contributed by atoms with Gasteiger partial charge >= 0.3 is 0 Å². The van der Waals surface area contributed by atoms with Crippen molar-refractivity contribution < 1.29 is 8.42 Å². The molecule has 3 atom stereocenters. The van der Waals surface area contributed by atoms with E-state index in [-0.39, 0.29) is 16.9 Å². The van der Waals surface area contributed by atoms with Gasteiger partial charge in [-0.3, -0.25) is 0 Å². The molecular formula is C11H21NO2S. The maximum Gasteiger partial charge on any atom is 0.208 e. The molecule has 2 aliphatic rings. The van der Waals surface area contributed by atoms with E-state index in [1.807, 2.05) is 0 Å². The lowest BCUT2D eigenvalue weighted by molar-refractivity contribution is 0.128. The van der Waals surface area contributed by atoms with Crippen molar-refractivity contribution in [2.75, 3.05) is 6.26 Å². The fourth-order valence-electron chi connectivity index (χ4n) is 3.81. The molecule has 3 nitrogen and oxygen atoms in total. The van der Waals surface area contributed by atoms with Crippen LogP contribution in [0, 0.1) is 16.7 Å². The molecule has 0 aromatic rings. The highest BCUT2D eigenvalue weighted by Crippen LogP contribution is 2.62. The Morgan fingerprint density at radius 3 is 2.27 bits per heavy atom. The van der Waals surface area contributed by atoms with Crippen molar-refractivity contribution in [3.05, 3.63) is 0 Å². The van der Waals surface area contributed by atoms with Gasteiger partial charge in [0.1, 0.15) is 0 Å². The second-order valence-corrected chi connectivity index (χ2v) is 8.02. The maximum atomic E-state index is 11.4. The molecule has 1 N–H and O–H groups in total. The maximum absolute atomic E-state index is 11.4. The molecule has 0 saturated heterocycles. The van der Waals surface area contributed by atoms with Gasteiger partial charge in [-0.15, -0.1) is 0 Å². The predicted molar refractivity (Wildman–Crippen MR) is 61.0 cm³/mol. The predicted octanol–water partition coefficient (Wildman–Crippen LogP) is 1.75. The van der Waals surface area contributed by atoms with Gasteiger partial charge in [0.05, 0.1) is 6.26 Å². The molecule has 2 rings (SSSR count). The van der Waals surface area contributed by atoms with Crippen molar-refractivity contribution in [1.29, 1.82) is 0 Å². The van der Waals surface area contributed by atoms with Crippen molar-refractivity contribution in [3.8, 4) is 0 Å². The monoisotopic (exact) mass is 231 g/mol. The molecule has 0 aromatic heterocycles. The van der Waals surface area contributed by atoms with Gasteiger partial charge in [-0.2, -0.15) is 0 Å². The van der Waals surface area contributed by atoms with Crippen LogP contribution in [-0.2, 0) is 10.0 Å². The summed E-state index contributed by atoms with van der Waals surface area (Å²) in [7, 11) is -3.09. The summed E-state index contributed by atoms with van der Waals surface area (Å²) in [5, 5.41) is 0. The average molecular weight is 231 g/mol. The Morgan fingerprint density at radius 1 is 1.27 bits per heavy atom. The molecule has 4 heteroatoms. The lowest BCUT2D eigenvalue weighted by Crippen LogP contribution is -2.51. The highest BCUT2D eigenvalue weighted by Gasteiger charge is 2.59. The van der Waals surface area contributed by atoms with E-state index < -0.39 is 10.0 Å². The molecule has 0 amide bonds. The standard InChI is InChI=1S/C11H21NO2S/c1-10(2)8-5-6-11(3,7-8)9(10)12-15(4,13)14/h8-9,12H,5-7H2,1-4H3. The minimum atomic E-state index is -3.09. The third kappa shape index (κ3) is 1.72. The van der Waals surface area contributed by atoms with E-state index >= 15 is 0 Å². The summed E-state index contributed by atoms with van der Waals surface area (Å²) in [5.74, 6) is 0.682. The Bertz CT molecular complexity index is 369. The topological polar surface area (TPSA) is 46.2 Å². The van der Waals surface area contributed by atoms with Crippen LogP contribution in [-0.4, -0.2) is 20.7 Å². The molecule has 2 fully saturated rings. The van der Waals surface area contributed by atoms with Crippen LogP contribution in [0.15, 0.2) is 0 Å². The summed E-state index contributed by atoms with van der Waals surface area (Å²) in [6.45, 7) is 6.63. The van der Waals surface area contributed by atoms with Gasteiger partial charge < -0.3 is 0 Å². The zero-order valence-corrected chi connectivity index (χ0v) is 10.8. The van der Waals surface area contributed by atoms with Crippen LogP contribution in [0.4, 0.5) is 0 Å². The van der Waals surface area contributed by atoms with E-state index in [1.54, 1.807) is 0 Å². The first-order valence-corrected chi connectivity index (χ1v) is 7.52. The summed E-state index contributed by atoms with van der Waals surface area (Å²) < 4.78 is 25.6. The Morgan fingerprint density at radius 2 is 1.87 bits per heavy atom. The normalized spacial score (nSPS) is 43.5. The number of sulfonamides is 1. The van der Waals surface area contributed by atoms with Gasteiger partial charge in [0.25, 0.3) is 0 Å². The molecule has 2 bridgehead atoms. The molecule has 15 heavy (non-hydrogen) atoms. The summed E-state index contributed by atoms with van der Waals surface area (Å²) in [5.41, 5.74) is 0.285. The number of fused-ring (bicyclic) bond motifs is 2. The van der Waals surface area contributed by atoms with E-state index in [4.69, 9.17) is 0 Å². The summed E-state index contributed by atoms with van der Waals surface area (Å²) in [4.78, 5) is 0. The second-order valence-electron chi connectivity index (χ2n) is 6.24. The highest BCUT2D eigenvalue weighted by molar-refractivity contribution is 7.88. The quantitative estimate of drug-likeness (QED) is 0.787. The molecule has 88 valence electrons. The average Bonchev–Trinajstić information content (AvgIpc) is 2.48. The molecule has 0 aromatic carbocycles. The zero-order chi connectivity index (χ0) is 11.5. The Hall–Kier alpha value is -0.0900. The first kappa shape index (κ1) is 11.4. The minimum absolute atomic E-state index is 0.107. The molecule has 0 aliphatic heterocycles. The third-order valence-corrected chi connectivity index (χ3v) is 5.27. The van der Waals surface area contributed by atoms with Crippen LogP contribution in [0.25, 0.3) is 0 Å². The minimum Gasteiger partial charge on any atom is -0.213 e. The van der Waals surface area contributed by atoms with Crippen molar-refractivity contribution in [2.24, 2.45) is 16.7 Å². The van der Waals surface area contributed by atoms with Gasteiger partial charge in [0.2, 0.25) is 10.0 Å². The van der Waals surface area contributed by atoms with Crippen LogP contribution < -0.4 is 4.72 Å². The molecule has 3 unspecified atom stereocenters. The number of hydrogen-bond acceptors (Lipinski definition) is 2. The lowest BCUT2D eigenvalue weighted by Gasteiger charge is -2.42. The number of nitrogens with one attached hydrogen (secondary N) is 1. The van der Waals surface area contributed by atoms with Gasteiger partial charge in [-0.1, -0.05) is 20.8 Å². The zero-order valence-electron chi connectivity index (χ0n) is 10.0. The highest BCUT2D eigenvalue weighted by atomic mass is 32.2. The van der Waals surface area contributed by atoms with Crippen molar-refractivity contribution in [2.45, 2.75) is 46.1 Å². The van der Waals surface area contributed by atoms with Crippen molar-refractivity contribution in [1.82, 2.24) is 4.72 Å². The molecule has 2 aliphatic carbocycles. The van der Waals surface area contributed by atoms with Gasteiger partial charge in [-0.25, -0.2) is 13.1 Å². The Balaban J connectivity index is 2.31.